The van der Waals surface area contributed by atoms with Crippen LogP contribution in [0.25, 0.3) is 0 Å². The molecular weight excluding hydrogens is 248 g/mol. The molecule has 0 amide bonds. The molecule has 4 heteroatoms. The predicted octanol–water partition coefficient (Wildman–Crippen LogP) is 3.21. The Hall–Kier alpha value is -0.540. The minimum Gasteiger partial charge on any atom is -0.396 e. The minimum atomic E-state index is 0.0433. The van der Waals surface area contributed by atoms with Gasteiger partial charge in [-0.15, -0.1) is 0 Å². The summed E-state index contributed by atoms with van der Waals surface area (Å²) in [5.41, 5.74) is 2.15. The average molecular weight is 271 g/mol. The van der Waals surface area contributed by atoms with E-state index in [2.05, 4.69) is 18.9 Å². The summed E-state index contributed by atoms with van der Waals surface area (Å²) in [5.74, 6) is 0. The summed E-state index contributed by atoms with van der Waals surface area (Å²) in [6.07, 6.45) is 6.39. The van der Waals surface area contributed by atoms with Crippen LogP contribution in [0, 0.1) is 5.41 Å². The first kappa shape index (κ1) is 13.9. The van der Waals surface area contributed by atoms with Gasteiger partial charge in [0.15, 0.2) is 0 Å². The smallest absolute Gasteiger partial charge is 0.0850 e. The van der Waals surface area contributed by atoms with Gasteiger partial charge >= 0.3 is 0 Å². The van der Waals surface area contributed by atoms with Crippen LogP contribution in [0.1, 0.15) is 50.9 Å². The molecule has 3 nitrogen and oxygen atoms in total. The maximum Gasteiger partial charge on any atom is 0.0850 e. The van der Waals surface area contributed by atoms with Crippen LogP contribution in [-0.4, -0.2) is 21.5 Å². The van der Waals surface area contributed by atoms with Crippen molar-refractivity contribution in [2.75, 3.05) is 6.61 Å². The standard InChI is InChI=1S/C14H23ClN2O/c1-3-11-13(15)12(17(4-2)16-11)9-14(10-18)7-5-6-8-14/h18H,3-10H2,1-2H3. The number of hydrogen-bond donors (Lipinski definition) is 1. The monoisotopic (exact) mass is 270 g/mol. The van der Waals surface area contributed by atoms with Crippen molar-refractivity contribution in [1.29, 1.82) is 0 Å². The number of hydrogen-bond acceptors (Lipinski definition) is 2. The van der Waals surface area contributed by atoms with Crippen molar-refractivity contribution in [1.82, 2.24) is 9.78 Å². The van der Waals surface area contributed by atoms with Gasteiger partial charge in [0, 0.05) is 13.2 Å². The quantitative estimate of drug-likeness (QED) is 0.892. The van der Waals surface area contributed by atoms with Gasteiger partial charge in [-0.1, -0.05) is 31.4 Å². The van der Waals surface area contributed by atoms with E-state index in [4.69, 9.17) is 11.6 Å². The Morgan fingerprint density at radius 3 is 2.50 bits per heavy atom. The molecule has 2 rings (SSSR count). The van der Waals surface area contributed by atoms with Gasteiger partial charge in [-0.3, -0.25) is 4.68 Å². The van der Waals surface area contributed by atoms with Crippen LogP contribution in [-0.2, 0) is 19.4 Å². The Morgan fingerprint density at radius 1 is 1.33 bits per heavy atom. The molecule has 0 aliphatic heterocycles. The second-order valence-electron chi connectivity index (χ2n) is 5.42. The van der Waals surface area contributed by atoms with E-state index in [1.807, 2.05) is 4.68 Å². The molecule has 0 atom stereocenters. The molecule has 1 aromatic rings. The molecule has 1 aliphatic rings. The van der Waals surface area contributed by atoms with Gasteiger partial charge in [-0.05, 0) is 38.0 Å². The molecule has 102 valence electrons. The first-order valence-electron chi connectivity index (χ1n) is 7.00. The molecule has 0 saturated heterocycles. The van der Waals surface area contributed by atoms with E-state index < -0.39 is 0 Å². The summed E-state index contributed by atoms with van der Waals surface area (Å²) >= 11 is 6.44. The van der Waals surface area contributed by atoms with E-state index >= 15 is 0 Å². The highest BCUT2D eigenvalue weighted by atomic mass is 35.5. The molecule has 1 aliphatic carbocycles. The SMILES string of the molecule is CCc1nn(CC)c(CC2(CO)CCCC2)c1Cl. The van der Waals surface area contributed by atoms with Crippen LogP contribution in [0.5, 0.6) is 0 Å². The van der Waals surface area contributed by atoms with Crippen molar-refractivity contribution in [2.45, 2.75) is 58.9 Å². The molecule has 18 heavy (non-hydrogen) atoms. The van der Waals surface area contributed by atoms with Crippen LogP contribution in [0.3, 0.4) is 0 Å². The fourth-order valence-corrected chi connectivity index (χ4v) is 3.39. The number of nitrogens with zero attached hydrogens (tertiary/aromatic N) is 2. The van der Waals surface area contributed by atoms with E-state index in [-0.39, 0.29) is 12.0 Å². The fourth-order valence-electron chi connectivity index (χ4n) is 3.06. The Morgan fingerprint density at radius 2 is 2.00 bits per heavy atom. The van der Waals surface area contributed by atoms with Gasteiger partial charge < -0.3 is 5.11 Å². The number of rotatable bonds is 5. The van der Waals surface area contributed by atoms with Gasteiger partial charge in [0.05, 0.1) is 16.4 Å². The van der Waals surface area contributed by atoms with Crippen molar-refractivity contribution in [3.63, 3.8) is 0 Å². The molecule has 1 aromatic heterocycles. The number of aliphatic hydroxyl groups excluding tert-OH is 1. The number of aryl methyl sites for hydroxylation is 2. The van der Waals surface area contributed by atoms with Crippen molar-refractivity contribution in [2.24, 2.45) is 5.41 Å². The summed E-state index contributed by atoms with van der Waals surface area (Å²) in [7, 11) is 0. The van der Waals surface area contributed by atoms with Crippen LogP contribution in [0.15, 0.2) is 0 Å². The topological polar surface area (TPSA) is 38.0 Å². The van der Waals surface area contributed by atoms with Gasteiger partial charge in [-0.25, -0.2) is 0 Å². The molecule has 0 spiro atoms. The third-order valence-corrected chi connectivity index (χ3v) is 4.67. The number of aromatic nitrogens is 2. The molecule has 0 aromatic carbocycles. The van der Waals surface area contributed by atoms with Gasteiger partial charge in [0.25, 0.3) is 0 Å². The Kier molecular flexibility index (Phi) is 4.33. The van der Waals surface area contributed by atoms with E-state index in [0.717, 1.165) is 48.6 Å². The van der Waals surface area contributed by atoms with Crippen LogP contribution in [0.4, 0.5) is 0 Å². The van der Waals surface area contributed by atoms with Gasteiger partial charge in [0.1, 0.15) is 0 Å². The van der Waals surface area contributed by atoms with Crippen LogP contribution >= 0.6 is 11.6 Å². The second-order valence-corrected chi connectivity index (χ2v) is 5.80. The lowest BCUT2D eigenvalue weighted by Gasteiger charge is -2.26. The molecular formula is C14H23ClN2O. The molecule has 1 N–H and O–H groups in total. The molecule has 0 bridgehead atoms. The van der Waals surface area contributed by atoms with Crippen LogP contribution in [0.2, 0.25) is 5.02 Å². The van der Waals surface area contributed by atoms with Gasteiger partial charge in [0.2, 0.25) is 0 Å². The Bertz CT molecular complexity index is 408. The zero-order valence-corrected chi connectivity index (χ0v) is 12.1. The summed E-state index contributed by atoms with van der Waals surface area (Å²) in [5, 5.41) is 15.1. The normalized spacial score (nSPS) is 18.4. The molecule has 1 fully saturated rings. The summed E-state index contributed by atoms with van der Waals surface area (Å²) < 4.78 is 2.01. The highest BCUT2D eigenvalue weighted by molar-refractivity contribution is 6.31. The first-order chi connectivity index (χ1) is 8.65. The predicted molar refractivity (Wildman–Crippen MR) is 74.0 cm³/mol. The Balaban J connectivity index is 2.29. The highest BCUT2D eigenvalue weighted by Gasteiger charge is 2.35. The van der Waals surface area contributed by atoms with E-state index in [9.17, 15) is 5.11 Å². The molecule has 1 heterocycles. The highest BCUT2D eigenvalue weighted by Crippen LogP contribution is 2.42. The zero-order chi connectivity index (χ0) is 13.2. The van der Waals surface area contributed by atoms with Crippen molar-refractivity contribution in [3.05, 3.63) is 16.4 Å². The summed E-state index contributed by atoms with van der Waals surface area (Å²) in [4.78, 5) is 0. The molecule has 0 unspecified atom stereocenters. The lowest BCUT2D eigenvalue weighted by molar-refractivity contribution is 0.128. The van der Waals surface area contributed by atoms with E-state index in [0.29, 0.717) is 0 Å². The number of halogens is 1. The summed E-state index contributed by atoms with van der Waals surface area (Å²) in [6, 6.07) is 0. The van der Waals surface area contributed by atoms with Gasteiger partial charge in [-0.2, -0.15) is 5.10 Å². The third kappa shape index (κ3) is 2.43. The lowest BCUT2D eigenvalue weighted by atomic mass is 9.82. The first-order valence-corrected chi connectivity index (χ1v) is 7.38. The lowest BCUT2D eigenvalue weighted by Crippen LogP contribution is -2.26. The third-order valence-electron chi connectivity index (χ3n) is 4.24. The maximum atomic E-state index is 9.72. The van der Waals surface area contributed by atoms with E-state index in [1.165, 1.54) is 12.8 Å². The Labute approximate surface area is 114 Å². The molecule has 1 saturated carbocycles. The zero-order valence-electron chi connectivity index (χ0n) is 11.4. The second kappa shape index (κ2) is 5.62. The fraction of sp³-hybridized carbons (Fsp3) is 0.786. The summed E-state index contributed by atoms with van der Waals surface area (Å²) in [6.45, 7) is 5.28. The van der Waals surface area contributed by atoms with E-state index in [1.54, 1.807) is 0 Å². The molecule has 0 radical (unpaired) electrons. The minimum absolute atomic E-state index is 0.0433. The van der Waals surface area contributed by atoms with Crippen molar-refractivity contribution in [3.8, 4) is 0 Å². The maximum absolute atomic E-state index is 9.72. The van der Waals surface area contributed by atoms with Crippen molar-refractivity contribution >= 4 is 11.6 Å². The largest absolute Gasteiger partial charge is 0.396 e. The van der Waals surface area contributed by atoms with Crippen molar-refractivity contribution < 1.29 is 5.11 Å². The number of aliphatic hydroxyl groups is 1. The van der Waals surface area contributed by atoms with Crippen LogP contribution < -0.4 is 0 Å². The average Bonchev–Trinajstić information content (AvgIpc) is 2.97.